The fraction of sp³-hybridized carbons (Fsp3) is 0.364. The zero-order valence-electron chi connectivity index (χ0n) is 11.3. The van der Waals surface area contributed by atoms with E-state index in [9.17, 15) is 13.2 Å². The van der Waals surface area contributed by atoms with Crippen LogP contribution in [0, 0.1) is 0 Å². The summed E-state index contributed by atoms with van der Waals surface area (Å²) in [5.74, 6) is -0.801. The molecule has 0 bridgehead atoms. The number of nitrogens with one attached hydrogen (secondary N) is 2. The van der Waals surface area contributed by atoms with Crippen molar-refractivity contribution >= 4 is 16.0 Å². The van der Waals surface area contributed by atoms with E-state index in [1.807, 2.05) is 6.92 Å². The number of carboxylic acids is 1. The molecule has 0 fully saturated rings. The van der Waals surface area contributed by atoms with Crippen LogP contribution in [0.2, 0.25) is 0 Å². The van der Waals surface area contributed by atoms with Gasteiger partial charge in [0.15, 0.2) is 0 Å². The molecule has 9 nitrogen and oxygen atoms in total. The Morgan fingerprint density at radius 1 is 1.52 bits per heavy atom. The second-order valence-electron chi connectivity index (χ2n) is 4.32. The molecule has 0 aromatic carbocycles. The van der Waals surface area contributed by atoms with Crippen molar-refractivity contribution in [2.75, 3.05) is 0 Å². The van der Waals surface area contributed by atoms with Crippen LogP contribution < -0.4 is 4.72 Å². The van der Waals surface area contributed by atoms with Crippen LogP contribution in [-0.4, -0.2) is 39.2 Å². The zero-order chi connectivity index (χ0) is 15.5. The van der Waals surface area contributed by atoms with Crippen LogP contribution >= 0.6 is 0 Å². The molecule has 21 heavy (non-hydrogen) atoms. The maximum Gasteiger partial charge on any atom is 0.352 e. The number of carboxylic acid groups (broad SMARTS) is 1. The third-order valence-corrected chi connectivity index (χ3v) is 4.13. The molecule has 0 radical (unpaired) electrons. The van der Waals surface area contributed by atoms with Crippen LogP contribution in [0.5, 0.6) is 0 Å². The Labute approximate surface area is 121 Å². The fourth-order valence-electron chi connectivity index (χ4n) is 1.80. The number of hydrogen-bond acceptors (Lipinski definition) is 5. The van der Waals surface area contributed by atoms with Gasteiger partial charge in [-0.25, -0.2) is 22.9 Å². The highest BCUT2D eigenvalue weighted by atomic mass is 32.2. The summed E-state index contributed by atoms with van der Waals surface area (Å²) >= 11 is 0. The molecule has 3 N–H and O–H groups in total. The van der Waals surface area contributed by atoms with Crippen molar-refractivity contribution in [1.29, 1.82) is 0 Å². The number of sulfonamides is 1. The lowest BCUT2D eigenvalue weighted by molar-refractivity contribution is 0.0685. The van der Waals surface area contributed by atoms with Crippen LogP contribution in [0.4, 0.5) is 0 Å². The van der Waals surface area contributed by atoms with Crippen molar-refractivity contribution < 1.29 is 18.3 Å². The third-order valence-electron chi connectivity index (χ3n) is 2.76. The summed E-state index contributed by atoms with van der Waals surface area (Å²) in [4.78, 5) is 14.8. The zero-order valence-corrected chi connectivity index (χ0v) is 12.1. The summed E-state index contributed by atoms with van der Waals surface area (Å²) in [5, 5.41) is 15.2. The van der Waals surface area contributed by atoms with Crippen LogP contribution in [0.1, 0.15) is 29.7 Å². The molecule has 0 atom stereocenters. The number of rotatable bonds is 7. The first-order valence-electron chi connectivity index (χ1n) is 6.21. The number of carbonyl (C=O) groups is 1. The summed E-state index contributed by atoms with van der Waals surface area (Å²) in [6.07, 6.45) is 3.28. The van der Waals surface area contributed by atoms with Gasteiger partial charge in [-0.05, 0) is 12.5 Å². The maximum absolute atomic E-state index is 12.1. The SMILES string of the molecule is CCCn1cc(S(=O)(=O)NCc2ncn[nH]2)cc1C(=O)O. The predicted octanol–water partition coefficient (Wildman–Crippen LogP) is 0.193. The second kappa shape index (κ2) is 6.06. The van der Waals surface area contributed by atoms with Crippen molar-refractivity contribution in [2.24, 2.45) is 0 Å². The van der Waals surface area contributed by atoms with Gasteiger partial charge in [-0.2, -0.15) is 5.10 Å². The van der Waals surface area contributed by atoms with Gasteiger partial charge in [-0.15, -0.1) is 0 Å². The molecular formula is C11H15N5O4S. The van der Waals surface area contributed by atoms with Crippen molar-refractivity contribution in [3.8, 4) is 0 Å². The van der Waals surface area contributed by atoms with E-state index in [1.54, 1.807) is 0 Å². The number of aromatic amines is 1. The van der Waals surface area contributed by atoms with Gasteiger partial charge in [0.2, 0.25) is 10.0 Å². The van der Waals surface area contributed by atoms with Gasteiger partial charge in [0.1, 0.15) is 22.7 Å². The minimum Gasteiger partial charge on any atom is -0.477 e. The Morgan fingerprint density at radius 2 is 2.29 bits per heavy atom. The number of nitrogens with zero attached hydrogens (tertiary/aromatic N) is 3. The predicted molar refractivity (Wildman–Crippen MR) is 72.1 cm³/mol. The molecule has 2 rings (SSSR count). The first-order valence-corrected chi connectivity index (χ1v) is 7.69. The van der Waals surface area contributed by atoms with E-state index in [4.69, 9.17) is 5.11 Å². The van der Waals surface area contributed by atoms with Gasteiger partial charge in [-0.1, -0.05) is 6.92 Å². The van der Waals surface area contributed by atoms with Crippen LogP contribution in [0.25, 0.3) is 0 Å². The van der Waals surface area contributed by atoms with Gasteiger partial charge in [0, 0.05) is 12.7 Å². The molecule has 0 aliphatic rings. The summed E-state index contributed by atoms with van der Waals surface area (Å²) in [6.45, 7) is 2.25. The Bertz CT molecular complexity index is 720. The Hall–Kier alpha value is -2.20. The van der Waals surface area contributed by atoms with Gasteiger partial charge < -0.3 is 9.67 Å². The first kappa shape index (κ1) is 15.2. The van der Waals surface area contributed by atoms with E-state index < -0.39 is 16.0 Å². The standard InChI is InChI=1S/C11H15N5O4S/c1-2-3-16-6-8(4-9(16)11(17)18)21(19,20)14-5-10-12-7-13-15-10/h4,6-7,14H,2-3,5H2,1H3,(H,17,18)(H,12,13,15). The number of aromatic carboxylic acids is 1. The number of H-pyrrole nitrogens is 1. The highest BCUT2D eigenvalue weighted by Gasteiger charge is 2.21. The average molecular weight is 313 g/mol. The second-order valence-corrected chi connectivity index (χ2v) is 6.08. The van der Waals surface area contributed by atoms with Gasteiger partial charge in [-0.3, -0.25) is 5.10 Å². The Kier molecular flexibility index (Phi) is 4.38. The summed E-state index contributed by atoms with van der Waals surface area (Å²) in [6, 6.07) is 1.14. The minimum atomic E-state index is -3.81. The molecule has 114 valence electrons. The van der Waals surface area contributed by atoms with E-state index in [2.05, 4.69) is 19.9 Å². The summed E-state index contributed by atoms with van der Waals surface area (Å²) < 4.78 is 28.0. The molecule has 10 heteroatoms. The van der Waals surface area contributed by atoms with E-state index in [-0.39, 0.29) is 17.1 Å². The first-order chi connectivity index (χ1) is 9.94. The third kappa shape index (κ3) is 3.47. The molecule has 2 aromatic heterocycles. The minimum absolute atomic E-state index is 0.0519. The molecule has 2 aromatic rings. The number of hydrogen-bond donors (Lipinski definition) is 3. The molecule has 0 spiro atoms. The van der Waals surface area contributed by atoms with Gasteiger partial charge in [0.05, 0.1) is 6.54 Å². The molecular weight excluding hydrogens is 298 g/mol. The van der Waals surface area contributed by atoms with E-state index in [1.165, 1.54) is 17.1 Å². The van der Waals surface area contributed by atoms with E-state index in [0.29, 0.717) is 18.8 Å². The van der Waals surface area contributed by atoms with Crippen molar-refractivity contribution in [1.82, 2.24) is 24.5 Å². The molecule has 2 heterocycles. The Morgan fingerprint density at radius 3 is 2.86 bits per heavy atom. The van der Waals surface area contributed by atoms with E-state index in [0.717, 1.165) is 6.07 Å². The number of aryl methyl sites for hydroxylation is 1. The lowest BCUT2D eigenvalue weighted by Gasteiger charge is -2.03. The highest BCUT2D eigenvalue weighted by Crippen LogP contribution is 2.15. The molecule has 0 amide bonds. The van der Waals surface area contributed by atoms with Gasteiger partial charge in [0.25, 0.3) is 0 Å². The van der Waals surface area contributed by atoms with Crippen molar-refractivity contribution in [2.45, 2.75) is 31.3 Å². The average Bonchev–Trinajstić information content (AvgIpc) is 3.06. The lowest BCUT2D eigenvalue weighted by Crippen LogP contribution is -2.23. The molecule has 0 aliphatic carbocycles. The van der Waals surface area contributed by atoms with Crippen LogP contribution in [0.15, 0.2) is 23.5 Å². The molecule has 0 unspecified atom stereocenters. The highest BCUT2D eigenvalue weighted by molar-refractivity contribution is 7.89. The van der Waals surface area contributed by atoms with Crippen molar-refractivity contribution in [3.63, 3.8) is 0 Å². The molecule has 0 saturated carbocycles. The smallest absolute Gasteiger partial charge is 0.352 e. The van der Waals surface area contributed by atoms with Crippen LogP contribution in [-0.2, 0) is 23.1 Å². The monoisotopic (exact) mass is 313 g/mol. The largest absolute Gasteiger partial charge is 0.477 e. The molecule has 0 aliphatic heterocycles. The lowest BCUT2D eigenvalue weighted by atomic mass is 10.4. The van der Waals surface area contributed by atoms with E-state index >= 15 is 0 Å². The number of aromatic nitrogens is 4. The quantitative estimate of drug-likeness (QED) is 0.669. The fourth-order valence-corrected chi connectivity index (χ4v) is 2.82. The summed E-state index contributed by atoms with van der Waals surface area (Å²) in [7, 11) is -3.81. The topological polar surface area (TPSA) is 130 Å². The Balaban J connectivity index is 2.23. The maximum atomic E-state index is 12.1. The summed E-state index contributed by atoms with van der Waals surface area (Å²) in [5.41, 5.74) is -0.0584. The van der Waals surface area contributed by atoms with Crippen LogP contribution in [0.3, 0.4) is 0 Å². The molecule has 0 saturated heterocycles. The van der Waals surface area contributed by atoms with Crippen molar-refractivity contribution in [3.05, 3.63) is 30.1 Å². The van der Waals surface area contributed by atoms with Gasteiger partial charge >= 0.3 is 5.97 Å². The normalized spacial score (nSPS) is 11.7.